The molecule has 4 nitrogen and oxygen atoms in total. The van der Waals surface area contributed by atoms with Crippen LogP contribution in [0.2, 0.25) is 0 Å². The fourth-order valence-corrected chi connectivity index (χ4v) is 2.03. The molecule has 0 fully saturated rings. The number of carbonyl (C=O) groups is 1. The summed E-state index contributed by atoms with van der Waals surface area (Å²) in [4.78, 5) is 12.0. The van der Waals surface area contributed by atoms with Crippen LogP contribution in [0.1, 0.15) is 19.0 Å². The van der Waals surface area contributed by atoms with Gasteiger partial charge in [-0.25, -0.2) is 0 Å². The van der Waals surface area contributed by atoms with E-state index in [-0.39, 0.29) is 5.91 Å². The third-order valence-corrected chi connectivity index (χ3v) is 3.03. The molecule has 0 aliphatic heterocycles. The zero-order chi connectivity index (χ0) is 14.2. The number of carbonyl (C=O) groups excluding carboxylic acids is 1. The van der Waals surface area contributed by atoms with E-state index in [0.29, 0.717) is 6.54 Å². The van der Waals surface area contributed by atoms with Gasteiger partial charge < -0.3 is 15.2 Å². The summed E-state index contributed by atoms with van der Waals surface area (Å²) < 4.78 is 1.97. The minimum atomic E-state index is -0.0101. The molecule has 0 saturated heterocycles. The maximum absolute atomic E-state index is 12.0. The molecule has 4 heteroatoms. The van der Waals surface area contributed by atoms with Crippen molar-refractivity contribution in [3.63, 3.8) is 0 Å². The van der Waals surface area contributed by atoms with Crippen LogP contribution in [0.15, 0.2) is 48.7 Å². The van der Waals surface area contributed by atoms with Crippen molar-refractivity contribution in [2.24, 2.45) is 0 Å². The summed E-state index contributed by atoms with van der Waals surface area (Å²) in [6.07, 6.45) is 3.04. The second-order valence-electron chi connectivity index (χ2n) is 4.72. The fraction of sp³-hybridized carbons (Fsp3) is 0.312. The van der Waals surface area contributed by atoms with Crippen molar-refractivity contribution in [2.45, 2.75) is 26.4 Å². The lowest BCUT2D eigenvalue weighted by atomic mass is 10.3. The monoisotopic (exact) mass is 271 g/mol. The van der Waals surface area contributed by atoms with E-state index in [1.165, 1.54) is 0 Å². The van der Waals surface area contributed by atoms with Gasteiger partial charge in [0.1, 0.15) is 6.54 Å². The molecule has 0 aliphatic carbocycles. The largest absolute Gasteiger partial charge is 0.341 e. The standard InChI is InChI=1S/C16H21N3O/c1-2-10-17-12-15-9-6-11-19(15)13-16(20)18-14-7-4-3-5-8-14/h3-9,11,17H,2,10,12-13H2,1H3,(H,18,20). The van der Waals surface area contributed by atoms with E-state index in [4.69, 9.17) is 0 Å². The molecule has 0 unspecified atom stereocenters. The lowest BCUT2D eigenvalue weighted by molar-refractivity contribution is -0.116. The number of amides is 1. The Morgan fingerprint density at radius 1 is 1.15 bits per heavy atom. The summed E-state index contributed by atoms with van der Waals surface area (Å²) in [6.45, 7) is 4.26. The highest BCUT2D eigenvalue weighted by Gasteiger charge is 2.06. The van der Waals surface area contributed by atoms with Crippen LogP contribution < -0.4 is 10.6 Å². The first-order chi connectivity index (χ1) is 9.79. The van der Waals surface area contributed by atoms with Crippen LogP contribution in [0, 0.1) is 0 Å². The highest BCUT2D eigenvalue weighted by atomic mass is 16.1. The zero-order valence-corrected chi connectivity index (χ0v) is 11.8. The quantitative estimate of drug-likeness (QED) is 0.760. The van der Waals surface area contributed by atoms with Crippen LogP contribution >= 0.6 is 0 Å². The molecule has 1 aromatic heterocycles. The van der Waals surface area contributed by atoms with Gasteiger partial charge in [0, 0.05) is 24.1 Å². The normalized spacial score (nSPS) is 10.4. The molecule has 0 radical (unpaired) electrons. The number of hydrogen-bond donors (Lipinski definition) is 2. The average molecular weight is 271 g/mol. The van der Waals surface area contributed by atoms with Gasteiger partial charge in [-0.15, -0.1) is 0 Å². The van der Waals surface area contributed by atoms with Crippen molar-refractivity contribution in [1.82, 2.24) is 9.88 Å². The third-order valence-electron chi connectivity index (χ3n) is 3.03. The summed E-state index contributed by atoms with van der Waals surface area (Å²) in [6, 6.07) is 13.5. The molecule has 0 saturated carbocycles. The Bertz CT molecular complexity index is 534. The molecule has 1 amide bonds. The molecule has 0 bridgehead atoms. The molecular formula is C16H21N3O. The Hall–Kier alpha value is -2.07. The molecule has 2 N–H and O–H groups in total. The van der Waals surface area contributed by atoms with Crippen molar-refractivity contribution >= 4 is 11.6 Å². The lowest BCUT2D eigenvalue weighted by Gasteiger charge is -2.10. The van der Waals surface area contributed by atoms with E-state index < -0.39 is 0 Å². The fourth-order valence-electron chi connectivity index (χ4n) is 2.03. The molecule has 1 aromatic carbocycles. The summed E-state index contributed by atoms with van der Waals surface area (Å²) >= 11 is 0. The Labute approximate surface area is 119 Å². The molecule has 2 aromatic rings. The van der Waals surface area contributed by atoms with E-state index in [1.807, 2.05) is 53.2 Å². The number of hydrogen-bond acceptors (Lipinski definition) is 2. The van der Waals surface area contributed by atoms with Crippen LogP contribution in [-0.4, -0.2) is 17.0 Å². The summed E-state index contributed by atoms with van der Waals surface area (Å²) in [5.74, 6) is -0.0101. The van der Waals surface area contributed by atoms with Crippen molar-refractivity contribution in [1.29, 1.82) is 0 Å². The van der Waals surface area contributed by atoms with Gasteiger partial charge in [0.05, 0.1) is 0 Å². The van der Waals surface area contributed by atoms with Gasteiger partial charge in [0.2, 0.25) is 5.91 Å². The van der Waals surface area contributed by atoms with E-state index in [9.17, 15) is 4.79 Å². The molecule has 20 heavy (non-hydrogen) atoms. The van der Waals surface area contributed by atoms with Crippen LogP contribution in [0.4, 0.5) is 5.69 Å². The van der Waals surface area contributed by atoms with Crippen molar-refractivity contribution in [2.75, 3.05) is 11.9 Å². The topological polar surface area (TPSA) is 46.1 Å². The van der Waals surface area contributed by atoms with Crippen LogP contribution in [0.3, 0.4) is 0 Å². The van der Waals surface area contributed by atoms with Crippen LogP contribution in [0.25, 0.3) is 0 Å². The molecule has 0 spiro atoms. The minimum absolute atomic E-state index is 0.0101. The number of aromatic nitrogens is 1. The number of rotatable bonds is 7. The van der Waals surface area contributed by atoms with Gasteiger partial charge >= 0.3 is 0 Å². The Morgan fingerprint density at radius 3 is 2.70 bits per heavy atom. The maximum Gasteiger partial charge on any atom is 0.244 e. The molecule has 2 rings (SSSR count). The van der Waals surface area contributed by atoms with Gasteiger partial charge in [0.25, 0.3) is 0 Å². The number of nitrogens with one attached hydrogen (secondary N) is 2. The van der Waals surface area contributed by atoms with E-state index in [1.54, 1.807) is 0 Å². The van der Waals surface area contributed by atoms with Crippen molar-refractivity contribution in [3.05, 3.63) is 54.4 Å². The van der Waals surface area contributed by atoms with Crippen molar-refractivity contribution < 1.29 is 4.79 Å². The predicted octanol–water partition coefficient (Wildman–Crippen LogP) is 2.63. The Balaban J connectivity index is 1.89. The Morgan fingerprint density at radius 2 is 1.95 bits per heavy atom. The number of anilines is 1. The van der Waals surface area contributed by atoms with E-state index in [2.05, 4.69) is 17.6 Å². The third kappa shape index (κ3) is 4.24. The van der Waals surface area contributed by atoms with Gasteiger partial charge in [-0.1, -0.05) is 25.1 Å². The van der Waals surface area contributed by atoms with Crippen LogP contribution in [0.5, 0.6) is 0 Å². The minimum Gasteiger partial charge on any atom is -0.341 e. The van der Waals surface area contributed by atoms with E-state index >= 15 is 0 Å². The van der Waals surface area contributed by atoms with Gasteiger partial charge in [-0.2, -0.15) is 0 Å². The first-order valence-electron chi connectivity index (χ1n) is 6.99. The summed E-state index contributed by atoms with van der Waals surface area (Å²) in [5.41, 5.74) is 1.96. The van der Waals surface area contributed by atoms with Gasteiger partial charge in [0.15, 0.2) is 0 Å². The molecule has 106 valence electrons. The molecular weight excluding hydrogens is 250 g/mol. The maximum atomic E-state index is 12.0. The molecule has 0 atom stereocenters. The van der Waals surface area contributed by atoms with Gasteiger partial charge in [-0.3, -0.25) is 4.79 Å². The highest BCUT2D eigenvalue weighted by molar-refractivity contribution is 5.90. The lowest BCUT2D eigenvalue weighted by Crippen LogP contribution is -2.22. The first-order valence-corrected chi connectivity index (χ1v) is 6.99. The van der Waals surface area contributed by atoms with Crippen LogP contribution in [-0.2, 0) is 17.9 Å². The SMILES string of the molecule is CCCNCc1cccn1CC(=O)Nc1ccccc1. The smallest absolute Gasteiger partial charge is 0.244 e. The first kappa shape index (κ1) is 14.3. The zero-order valence-electron chi connectivity index (χ0n) is 11.8. The summed E-state index contributed by atoms with van der Waals surface area (Å²) in [5, 5.41) is 6.24. The number of benzene rings is 1. The van der Waals surface area contributed by atoms with E-state index in [0.717, 1.165) is 30.9 Å². The number of nitrogens with zero attached hydrogens (tertiary/aromatic N) is 1. The predicted molar refractivity (Wildman–Crippen MR) is 81.5 cm³/mol. The average Bonchev–Trinajstić information content (AvgIpc) is 2.87. The second-order valence-corrected chi connectivity index (χ2v) is 4.72. The summed E-state index contributed by atoms with van der Waals surface area (Å²) in [7, 11) is 0. The highest BCUT2D eigenvalue weighted by Crippen LogP contribution is 2.07. The van der Waals surface area contributed by atoms with Crippen molar-refractivity contribution in [3.8, 4) is 0 Å². The molecule has 1 heterocycles. The Kier molecular flexibility index (Phi) is 5.38. The second kappa shape index (κ2) is 7.50. The van der Waals surface area contributed by atoms with Gasteiger partial charge in [-0.05, 0) is 37.2 Å². The molecule has 0 aliphatic rings. The number of para-hydroxylation sites is 1.